The van der Waals surface area contributed by atoms with Gasteiger partial charge in [0.15, 0.2) is 0 Å². The van der Waals surface area contributed by atoms with Crippen molar-refractivity contribution in [2.75, 3.05) is 6.61 Å². The Labute approximate surface area is 107 Å². The second-order valence-electron chi connectivity index (χ2n) is 5.93. The van der Waals surface area contributed by atoms with Gasteiger partial charge in [0.05, 0.1) is 5.92 Å². The van der Waals surface area contributed by atoms with Crippen molar-refractivity contribution in [1.29, 1.82) is 0 Å². The van der Waals surface area contributed by atoms with E-state index in [1.165, 1.54) is 5.57 Å². The number of carbonyl (C=O) groups is 2. The fourth-order valence-corrected chi connectivity index (χ4v) is 2.33. The van der Waals surface area contributed by atoms with E-state index in [0.29, 0.717) is 13.0 Å². The largest absolute Gasteiger partial charge is 0.462 e. The van der Waals surface area contributed by atoms with E-state index in [-0.39, 0.29) is 11.9 Å². The summed E-state index contributed by atoms with van der Waals surface area (Å²) in [4.78, 5) is 23.6. The van der Waals surface area contributed by atoms with Crippen LogP contribution in [0.25, 0.3) is 0 Å². The van der Waals surface area contributed by atoms with E-state index in [1.807, 2.05) is 13.8 Å². The molecule has 0 radical (unpaired) electrons. The quantitative estimate of drug-likeness (QED) is 0.558. The lowest BCUT2D eigenvalue weighted by atomic mass is 9.88. The Kier molecular flexibility index (Phi) is 3.46. The number of allylic oxidation sites excluding steroid dienone is 2. The molecular formula is C14H20O4. The maximum absolute atomic E-state index is 12.0. The Hall–Kier alpha value is -1.32. The van der Waals surface area contributed by atoms with Crippen LogP contribution < -0.4 is 0 Å². The highest BCUT2D eigenvalue weighted by Gasteiger charge is 2.47. The number of rotatable bonds is 2. The van der Waals surface area contributed by atoms with Crippen molar-refractivity contribution in [2.24, 2.45) is 11.3 Å². The molecule has 1 heterocycles. The molecule has 2 rings (SSSR count). The predicted octanol–water partition coefficient (Wildman–Crippen LogP) is 2.23. The second-order valence-corrected chi connectivity index (χ2v) is 5.93. The summed E-state index contributed by atoms with van der Waals surface area (Å²) in [7, 11) is 0. The molecule has 1 unspecified atom stereocenters. The van der Waals surface area contributed by atoms with Crippen LogP contribution in [0.2, 0.25) is 0 Å². The highest BCUT2D eigenvalue weighted by molar-refractivity contribution is 5.82. The van der Waals surface area contributed by atoms with Crippen LogP contribution in [0.5, 0.6) is 0 Å². The van der Waals surface area contributed by atoms with Gasteiger partial charge in [-0.05, 0) is 26.2 Å². The van der Waals surface area contributed by atoms with Crippen molar-refractivity contribution >= 4 is 11.9 Å². The molecule has 1 aliphatic carbocycles. The first-order valence-electron chi connectivity index (χ1n) is 6.43. The van der Waals surface area contributed by atoms with Crippen LogP contribution in [0.3, 0.4) is 0 Å². The van der Waals surface area contributed by atoms with E-state index in [2.05, 4.69) is 13.0 Å². The third-order valence-electron chi connectivity index (χ3n) is 3.72. The first-order chi connectivity index (χ1) is 8.40. The van der Waals surface area contributed by atoms with Crippen LogP contribution in [-0.2, 0) is 19.1 Å². The van der Waals surface area contributed by atoms with E-state index in [1.54, 1.807) is 0 Å². The molecule has 2 aliphatic rings. The number of esters is 2. The summed E-state index contributed by atoms with van der Waals surface area (Å²) in [6, 6.07) is 0. The minimum Gasteiger partial charge on any atom is -0.462 e. The first-order valence-corrected chi connectivity index (χ1v) is 6.43. The zero-order valence-electron chi connectivity index (χ0n) is 11.2. The summed E-state index contributed by atoms with van der Waals surface area (Å²) in [6.45, 7) is 6.13. The first kappa shape index (κ1) is 13.1. The SMILES string of the molecule is CC1=CC[C@@H](C(=O)OC2C(=O)OCC2(C)C)CC1. The minimum absolute atomic E-state index is 0.113. The number of ether oxygens (including phenoxy) is 2. The van der Waals surface area contributed by atoms with Gasteiger partial charge < -0.3 is 9.47 Å². The van der Waals surface area contributed by atoms with Gasteiger partial charge in [-0.15, -0.1) is 0 Å². The Morgan fingerprint density at radius 3 is 2.72 bits per heavy atom. The zero-order valence-corrected chi connectivity index (χ0v) is 11.2. The number of cyclic esters (lactones) is 1. The van der Waals surface area contributed by atoms with Gasteiger partial charge in [-0.1, -0.05) is 25.5 Å². The smallest absolute Gasteiger partial charge is 0.348 e. The van der Waals surface area contributed by atoms with E-state index >= 15 is 0 Å². The molecule has 0 bridgehead atoms. The number of hydrogen-bond acceptors (Lipinski definition) is 4. The van der Waals surface area contributed by atoms with E-state index in [0.717, 1.165) is 12.8 Å². The number of carbonyl (C=O) groups excluding carboxylic acids is 2. The highest BCUT2D eigenvalue weighted by Crippen LogP contribution is 2.33. The molecular weight excluding hydrogens is 232 g/mol. The van der Waals surface area contributed by atoms with Crippen molar-refractivity contribution in [3.63, 3.8) is 0 Å². The summed E-state index contributed by atoms with van der Waals surface area (Å²) in [5, 5.41) is 0. The molecule has 1 fully saturated rings. The molecule has 0 spiro atoms. The van der Waals surface area contributed by atoms with Crippen LogP contribution in [0.1, 0.15) is 40.0 Å². The molecule has 0 aromatic carbocycles. The fraction of sp³-hybridized carbons (Fsp3) is 0.714. The molecule has 2 atom stereocenters. The van der Waals surface area contributed by atoms with Crippen LogP contribution in [-0.4, -0.2) is 24.6 Å². The lowest BCUT2D eigenvalue weighted by Crippen LogP contribution is -2.37. The van der Waals surface area contributed by atoms with Gasteiger partial charge in [-0.25, -0.2) is 4.79 Å². The van der Waals surface area contributed by atoms with E-state index in [9.17, 15) is 9.59 Å². The molecule has 18 heavy (non-hydrogen) atoms. The summed E-state index contributed by atoms with van der Waals surface area (Å²) >= 11 is 0. The molecule has 4 nitrogen and oxygen atoms in total. The summed E-state index contributed by atoms with van der Waals surface area (Å²) in [5.41, 5.74) is 0.896. The standard InChI is InChI=1S/C14H20O4/c1-9-4-6-10(7-5-9)12(15)18-11-13(16)17-8-14(11,2)3/h4,10-11H,5-8H2,1-3H3/t10-,11?/m1/s1. The van der Waals surface area contributed by atoms with Crippen molar-refractivity contribution in [3.8, 4) is 0 Å². The monoisotopic (exact) mass is 252 g/mol. The maximum atomic E-state index is 12.0. The minimum atomic E-state index is -0.753. The van der Waals surface area contributed by atoms with Gasteiger partial charge in [-0.3, -0.25) is 4.79 Å². The third kappa shape index (κ3) is 2.57. The molecule has 1 aliphatic heterocycles. The lowest BCUT2D eigenvalue weighted by molar-refractivity contribution is -0.166. The van der Waals surface area contributed by atoms with E-state index in [4.69, 9.17) is 9.47 Å². The molecule has 0 N–H and O–H groups in total. The van der Waals surface area contributed by atoms with Crippen molar-refractivity contribution in [1.82, 2.24) is 0 Å². The predicted molar refractivity (Wildman–Crippen MR) is 65.7 cm³/mol. The van der Waals surface area contributed by atoms with Crippen LogP contribution >= 0.6 is 0 Å². The second kappa shape index (κ2) is 4.75. The maximum Gasteiger partial charge on any atom is 0.348 e. The molecule has 0 saturated carbocycles. The average molecular weight is 252 g/mol. The topological polar surface area (TPSA) is 52.6 Å². The average Bonchev–Trinajstić information content (AvgIpc) is 2.57. The van der Waals surface area contributed by atoms with Crippen LogP contribution in [0.4, 0.5) is 0 Å². The van der Waals surface area contributed by atoms with Crippen LogP contribution in [0, 0.1) is 11.3 Å². The molecule has 0 amide bonds. The Morgan fingerprint density at radius 2 is 2.22 bits per heavy atom. The highest BCUT2D eigenvalue weighted by atomic mass is 16.6. The van der Waals surface area contributed by atoms with Gasteiger partial charge in [0, 0.05) is 5.41 Å². The molecule has 100 valence electrons. The number of hydrogen-bond donors (Lipinski definition) is 0. The van der Waals surface area contributed by atoms with Crippen molar-refractivity contribution in [3.05, 3.63) is 11.6 Å². The molecule has 4 heteroatoms. The van der Waals surface area contributed by atoms with E-state index < -0.39 is 17.5 Å². The third-order valence-corrected chi connectivity index (χ3v) is 3.72. The van der Waals surface area contributed by atoms with Crippen molar-refractivity contribution < 1.29 is 19.1 Å². The van der Waals surface area contributed by atoms with Gasteiger partial charge in [0.1, 0.15) is 6.61 Å². The Morgan fingerprint density at radius 1 is 1.50 bits per heavy atom. The normalized spacial score (nSPS) is 30.6. The Balaban J connectivity index is 1.97. The van der Waals surface area contributed by atoms with Gasteiger partial charge in [0.2, 0.25) is 6.10 Å². The summed E-state index contributed by atoms with van der Waals surface area (Å²) in [6.07, 6.45) is 3.78. The summed E-state index contributed by atoms with van der Waals surface area (Å²) in [5.74, 6) is -0.801. The fourth-order valence-electron chi connectivity index (χ4n) is 2.33. The Bertz CT molecular complexity index is 395. The van der Waals surface area contributed by atoms with Crippen LogP contribution in [0.15, 0.2) is 11.6 Å². The molecule has 0 aromatic rings. The summed E-state index contributed by atoms with van der Waals surface area (Å²) < 4.78 is 10.3. The zero-order chi connectivity index (χ0) is 13.3. The molecule has 1 saturated heterocycles. The molecule has 0 aromatic heterocycles. The van der Waals surface area contributed by atoms with Gasteiger partial charge in [0.25, 0.3) is 0 Å². The van der Waals surface area contributed by atoms with Crippen molar-refractivity contribution in [2.45, 2.75) is 46.1 Å². The lowest BCUT2D eigenvalue weighted by Gasteiger charge is -2.25. The van der Waals surface area contributed by atoms with Gasteiger partial charge >= 0.3 is 11.9 Å². The van der Waals surface area contributed by atoms with Gasteiger partial charge in [-0.2, -0.15) is 0 Å².